The van der Waals surface area contributed by atoms with Gasteiger partial charge in [-0.2, -0.15) is 9.50 Å². The molecule has 2 aromatic heterocycles. The van der Waals surface area contributed by atoms with Crippen LogP contribution in [0.15, 0.2) is 53.3 Å². The molecular weight excluding hydrogens is 365 g/mol. The molecule has 0 radical (unpaired) electrons. The van der Waals surface area contributed by atoms with Gasteiger partial charge >= 0.3 is 0 Å². The first-order chi connectivity index (χ1) is 13.2. The molecule has 0 aliphatic heterocycles. The Morgan fingerprint density at radius 1 is 1.19 bits per heavy atom. The molecule has 0 fully saturated rings. The van der Waals surface area contributed by atoms with E-state index >= 15 is 0 Å². The normalized spacial score (nSPS) is 12.0. The Morgan fingerprint density at radius 3 is 2.67 bits per heavy atom. The number of hydrogen-bond acceptors (Lipinski definition) is 5. The summed E-state index contributed by atoms with van der Waals surface area (Å²) in [5.41, 5.74) is 0.857. The SMILES string of the molecule is CCCOc1ccc(-c2nc3s/c(=C\c4ccccc4F)c(=O)n3n2)cc1. The van der Waals surface area contributed by atoms with Crippen LogP contribution in [0.1, 0.15) is 18.9 Å². The fraction of sp³-hybridized carbons (Fsp3) is 0.150. The molecule has 2 heterocycles. The summed E-state index contributed by atoms with van der Waals surface area (Å²) in [6.45, 7) is 2.72. The van der Waals surface area contributed by atoms with E-state index in [9.17, 15) is 9.18 Å². The summed E-state index contributed by atoms with van der Waals surface area (Å²) in [6.07, 6.45) is 2.47. The van der Waals surface area contributed by atoms with Crippen molar-refractivity contribution in [3.63, 3.8) is 0 Å². The maximum absolute atomic E-state index is 13.8. The molecule has 0 unspecified atom stereocenters. The van der Waals surface area contributed by atoms with E-state index < -0.39 is 0 Å². The zero-order chi connectivity index (χ0) is 18.8. The highest BCUT2D eigenvalue weighted by Gasteiger charge is 2.12. The summed E-state index contributed by atoms with van der Waals surface area (Å²) >= 11 is 1.19. The number of ether oxygens (including phenoxy) is 1. The van der Waals surface area contributed by atoms with Crippen molar-refractivity contribution in [3.8, 4) is 17.1 Å². The van der Waals surface area contributed by atoms with E-state index in [1.54, 1.807) is 18.2 Å². The first kappa shape index (κ1) is 17.4. The number of nitrogens with zero attached hydrogens (tertiary/aromatic N) is 3. The number of hydrogen-bond donors (Lipinski definition) is 0. The van der Waals surface area contributed by atoms with E-state index in [0.717, 1.165) is 17.7 Å². The fourth-order valence-electron chi connectivity index (χ4n) is 2.61. The summed E-state index contributed by atoms with van der Waals surface area (Å²) in [6, 6.07) is 13.8. The molecule has 0 amide bonds. The van der Waals surface area contributed by atoms with Crippen LogP contribution >= 0.6 is 11.3 Å². The minimum atomic E-state index is -0.373. The van der Waals surface area contributed by atoms with Crippen LogP contribution in [0.5, 0.6) is 5.75 Å². The van der Waals surface area contributed by atoms with Crippen LogP contribution in [0.2, 0.25) is 0 Å². The monoisotopic (exact) mass is 381 g/mol. The lowest BCUT2D eigenvalue weighted by Crippen LogP contribution is -2.23. The Hall–Kier alpha value is -3.06. The van der Waals surface area contributed by atoms with Gasteiger partial charge in [-0.3, -0.25) is 4.79 Å². The Labute approximate surface area is 158 Å². The van der Waals surface area contributed by atoms with Crippen molar-refractivity contribution in [1.82, 2.24) is 14.6 Å². The Balaban J connectivity index is 1.69. The zero-order valence-electron chi connectivity index (χ0n) is 14.6. The molecule has 0 saturated heterocycles. The third kappa shape index (κ3) is 3.46. The van der Waals surface area contributed by atoms with Crippen LogP contribution in [0.3, 0.4) is 0 Å². The summed E-state index contributed by atoms with van der Waals surface area (Å²) in [7, 11) is 0. The number of rotatable bonds is 5. The highest BCUT2D eigenvalue weighted by Crippen LogP contribution is 2.20. The van der Waals surface area contributed by atoms with Gasteiger partial charge in [-0.15, -0.1) is 5.10 Å². The fourth-order valence-corrected chi connectivity index (χ4v) is 3.51. The van der Waals surface area contributed by atoms with Crippen LogP contribution in [-0.2, 0) is 0 Å². The van der Waals surface area contributed by atoms with E-state index in [0.29, 0.717) is 27.5 Å². The number of fused-ring (bicyclic) bond motifs is 1. The molecule has 0 saturated carbocycles. The van der Waals surface area contributed by atoms with Crippen LogP contribution in [0, 0.1) is 5.82 Å². The van der Waals surface area contributed by atoms with Crippen LogP contribution in [0.4, 0.5) is 4.39 Å². The third-order valence-corrected chi connectivity index (χ3v) is 4.92. The van der Waals surface area contributed by atoms with Gasteiger partial charge in [-0.05, 0) is 42.8 Å². The molecule has 0 bridgehead atoms. The zero-order valence-corrected chi connectivity index (χ0v) is 15.4. The number of benzene rings is 2. The second kappa shape index (κ2) is 7.28. The van der Waals surface area contributed by atoms with Gasteiger partial charge in [-0.1, -0.05) is 36.5 Å². The van der Waals surface area contributed by atoms with E-state index in [1.807, 2.05) is 24.3 Å². The van der Waals surface area contributed by atoms with Crippen LogP contribution in [0.25, 0.3) is 22.4 Å². The van der Waals surface area contributed by atoms with Crippen molar-refractivity contribution in [2.24, 2.45) is 0 Å². The number of aromatic nitrogens is 3. The summed E-state index contributed by atoms with van der Waals surface area (Å²) < 4.78 is 21.0. The molecule has 7 heteroatoms. The van der Waals surface area contributed by atoms with Gasteiger partial charge in [0.15, 0.2) is 5.82 Å². The van der Waals surface area contributed by atoms with E-state index in [1.165, 1.54) is 28.0 Å². The van der Waals surface area contributed by atoms with Gasteiger partial charge in [0.25, 0.3) is 5.56 Å². The highest BCUT2D eigenvalue weighted by atomic mass is 32.1. The number of thiazole rings is 1. The van der Waals surface area contributed by atoms with Gasteiger partial charge in [0, 0.05) is 11.1 Å². The predicted molar refractivity (Wildman–Crippen MR) is 104 cm³/mol. The van der Waals surface area contributed by atoms with Gasteiger partial charge in [0.2, 0.25) is 4.96 Å². The second-order valence-corrected chi connectivity index (χ2v) is 6.95. The molecule has 136 valence electrons. The average molecular weight is 381 g/mol. The highest BCUT2D eigenvalue weighted by molar-refractivity contribution is 7.15. The lowest BCUT2D eigenvalue weighted by atomic mass is 10.2. The maximum Gasteiger partial charge on any atom is 0.291 e. The van der Waals surface area contributed by atoms with Crippen molar-refractivity contribution in [1.29, 1.82) is 0 Å². The molecule has 0 N–H and O–H groups in total. The maximum atomic E-state index is 13.8. The summed E-state index contributed by atoms with van der Waals surface area (Å²) in [5.74, 6) is 0.882. The first-order valence-corrected chi connectivity index (χ1v) is 9.36. The Morgan fingerprint density at radius 2 is 1.96 bits per heavy atom. The second-order valence-electron chi connectivity index (χ2n) is 5.94. The molecule has 2 aromatic carbocycles. The Bertz CT molecular complexity index is 1200. The minimum absolute atomic E-state index is 0.306. The van der Waals surface area contributed by atoms with E-state index in [-0.39, 0.29) is 11.4 Å². The smallest absolute Gasteiger partial charge is 0.291 e. The molecule has 5 nitrogen and oxygen atoms in total. The molecule has 4 aromatic rings. The molecular formula is C20H16FN3O2S. The molecule has 0 atom stereocenters. The van der Waals surface area contributed by atoms with Crippen LogP contribution < -0.4 is 14.8 Å². The largest absolute Gasteiger partial charge is 0.494 e. The molecule has 4 rings (SSSR count). The van der Waals surface area contributed by atoms with Gasteiger partial charge < -0.3 is 4.74 Å². The quantitative estimate of drug-likeness (QED) is 0.532. The van der Waals surface area contributed by atoms with Crippen LogP contribution in [-0.4, -0.2) is 21.2 Å². The van der Waals surface area contributed by atoms with Crippen molar-refractivity contribution < 1.29 is 9.13 Å². The van der Waals surface area contributed by atoms with Crippen molar-refractivity contribution in [2.45, 2.75) is 13.3 Å². The topological polar surface area (TPSA) is 56.5 Å². The standard InChI is InChI=1S/C20H16FN3O2S/c1-2-11-26-15-9-7-13(8-10-15)18-22-20-24(23-18)19(25)17(27-20)12-14-5-3-4-6-16(14)21/h3-10,12H,2,11H2,1H3/b17-12-. The summed E-state index contributed by atoms with van der Waals surface area (Å²) in [5, 5.41) is 4.31. The van der Waals surface area contributed by atoms with E-state index in [4.69, 9.17) is 4.74 Å². The van der Waals surface area contributed by atoms with E-state index in [2.05, 4.69) is 17.0 Å². The lowest BCUT2D eigenvalue weighted by Gasteiger charge is -2.04. The molecule has 0 aliphatic rings. The molecule has 27 heavy (non-hydrogen) atoms. The van der Waals surface area contributed by atoms with Gasteiger partial charge in [0.05, 0.1) is 11.1 Å². The average Bonchev–Trinajstić information content (AvgIpc) is 3.22. The van der Waals surface area contributed by atoms with Gasteiger partial charge in [0.1, 0.15) is 11.6 Å². The third-order valence-electron chi connectivity index (χ3n) is 3.96. The van der Waals surface area contributed by atoms with Crippen molar-refractivity contribution >= 4 is 22.4 Å². The lowest BCUT2D eigenvalue weighted by molar-refractivity contribution is 0.317. The first-order valence-electron chi connectivity index (χ1n) is 8.55. The predicted octanol–water partition coefficient (Wildman–Crippen LogP) is 3.29. The van der Waals surface area contributed by atoms with Gasteiger partial charge in [-0.25, -0.2) is 4.39 Å². The molecule has 0 aliphatic carbocycles. The minimum Gasteiger partial charge on any atom is -0.494 e. The van der Waals surface area contributed by atoms with Crippen molar-refractivity contribution in [3.05, 3.63) is 74.8 Å². The Kier molecular flexibility index (Phi) is 4.68. The van der Waals surface area contributed by atoms with Crippen molar-refractivity contribution in [2.75, 3.05) is 6.61 Å². The molecule has 0 spiro atoms. The summed E-state index contributed by atoms with van der Waals surface area (Å²) in [4.78, 5) is 17.5. The number of halogens is 1.